The van der Waals surface area contributed by atoms with Gasteiger partial charge < -0.3 is 24.4 Å². The first-order valence-corrected chi connectivity index (χ1v) is 13.3. The topological polar surface area (TPSA) is 72.9 Å². The first-order chi connectivity index (χ1) is 18.0. The SMILES string of the molecule is COCCCOc1cc(C(=O)N(C(C)C)[C@@H]2CCCNC2)nc2c(OCc3cccc(Cl)c3)cccc12. The van der Waals surface area contributed by atoms with Crippen LogP contribution in [0.5, 0.6) is 11.5 Å². The zero-order valence-corrected chi connectivity index (χ0v) is 22.6. The summed E-state index contributed by atoms with van der Waals surface area (Å²) >= 11 is 6.15. The summed E-state index contributed by atoms with van der Waals surface area (Å²) in [6.07, 6.45) is 2.75. The van der Waals surface area contributed by atoms with Gasteiger partial charge in [-0.3, -0.25) is 4.79 Å². The number of nitrogens with one attached hydrogen (secondary N) is 1. The zero-order valence-electron chi connectivity index (χ0n) is 21.8. The van der Waals surface area contributed by atoms with Crippen molar-refractivity contribution < 1.29 is 19.0 Å². The molecule has 2 aromatic carbocycles. The number of carbonyl (C=O) groups is 1. The summed E-state index contributed by atoms with van der Waals surface area (Å²) in [6.45, 7) is 7.26. The van der Waals surface area contributed by atoms with Gasteiger partial charge in [-0.2, -0.15) is 0 Å². The Kier molecular flexibility index (Phi) is 9.61. The van der Waals surface area contributed by atoms with Crippen LogP contribution in [0.1, 0.15) is 49.2 Å². The van der Waals surface area contributed by atoms with E-state index in [9.17, 15) is 4.79 Å². The maximum absolute atomic E-state index is 13.9. The van der Waals surface area contributed by atoms with E-state index >= 15 is 0 Å². The molecule has 3 aromatic rings. The molecule has 0 spiro atoms. The van der Waals surface area contributed by atoms with Crippen molar-refractivity contribution in [1.29, 1.82) is 0 Å². The normalized spacial score (nSPS) is 15.6. The van der Waals surface area contributed by atoms with Crippen LogP contribution in [0.15, 0.2) is 48.5 Å². The van der Waals surface area contributed by atoms with E-state index in [1.807, 2.05) is 47.4 Å². The number of pyridine rings is 1. The third-order valence-corrected chi connectivity index (χ3v) is 6.71. The molecular weight excluding hydrogens is 490 g/mol. The van der Waals surface area contributed by atoms with Crippen LogP contribution in [0.2, 0.25) is 5.02 Å². The molecule has 0 bridgehead atoms. The third kappa shape index (κ3) is 6.92. The number of piperidine rings is 1. The maximum atomic E-state index is 13.9. The highest BCUT2D eigenvalue weighted by molar-refractivity contribution is 6.30. The van der Waals surface area contributed by atoms with Crippen molar-refractivity contribution in [3.8, 4) is 11.5 Å². The summed E-state index contributed by atoms with van der Waals surface area (Å²) in [5, 5.41) is 4.88. The summed E-state index contributed by atoms with van der Waals surface area (Å²) in [5.41, 5.74) is 1.90. The second-order valence-electron chi connectivity index (χ2n) is 9.58. The fourth-order valence-corrected chi connectivity index (χ4v) is 4.95. The van der Waals surface area contributed by atoms with Crippen LogP contribution < -0.4 is 14.8 Å². The molecule has 1 atom stereocenters. The highest BCUT2D eigenvalue weighted by atomic mass is 35.5. The van der Waals surface area contributed by atoms with E-state index in [4.69, 9.17) is 30.8 Å². The molecule has 7 nitrogen and oxygen atoms in total. The third-order valence-electron chi connectivity index (χ3n) is 6.47. The summed E-state index contributed by atoms with van der Waals surface area (Å²) in [5.74, 6) is 1.10. The minimum absolute atomic E-state index is 0.0373. The summed E-state index contributed by atoms with van der Waals surface area (Å²) in [4.78, 5) is 20.7. The number of hydrogen-bond acceptors (Lipinski definition) is 6. The number of methoxy groups -OCH3 is 1. The Morgan fingerprint density at radius 3 is 2.70 bits per heavy atom. The molecule has 4 rings (SSSR count). The van der Waals surface area contributed by atoms with Gasteiger partial charge in [-0.25, -0.2) is 4.98 Å². The van der Waals surface area contributed by atoms with Crippen molar-refractivity contribution in [2.75, 3.05) is 33.4 Å². The highest BCUT2D eigenvalue weighted by Gasteiger charge is 2.30. The molecule has 1 aromatic heterocycles. The molecular formula is C29H36ClN3O4. The monoisotopic (exact) mass is 525 g/mol. The average molecular weight is 526 g/mol. The van der Waals surface area contributed by atoms with Gasteiger partial charge in [0.15, 0.2) is 0 Å². The summed E-state index contributed by atoms with van der Waals surface area (Å²) < 4.78 is 17.5. The lowest BCUT2D eigenvalue weighted by Crippen LogP contribution is -2.51. The van der Waals surface area contributed by atoms with E-state index < -0.39 is 0 Å². The van der Waals surface area contributed by atoms with E-state index in [1.54, 1.807) is 13.2 Å². The van der Waals surface area contributed by atoms with Gasteiger partial charge in [0.2, 0.25) is 0 Å². The highest BCUT2D eigenvalue weighted by Crippen LogP contribution is 2.33. The zero-order chi connectivity index (χ0) is 26.2. The van der Waals surface area contributed by atoms with Crippen molar-refractivity contribution in [3.05, 3.63) is 64.8 Å². The Morgan fingerprint density at radius 2 is 1.97 bits per heavy atom. The molecule has 1 amide bonds. The van der Waals surface area contributed by atoms with Gasteiger partial charge in [0.25, 0.3) is 5.91 Å². The molecule has 0 unspecified atom stereocenters. The van der Waals surface area contributed by atoms with Crippen LogP contribution in [0.3, 0.4) is 0 Å². The van der Waals surface area contributed by atoms with Crippen LogP contribution >= 0.6 is 11.6 Å². The first kappa shape index (κ1) is 27.2. The van der Waals surface area contributed by atoms with Crippen LogP contribution in [-0.4, -0.2) is 61.3 Å². The predicted molar refractivity (Wildman–Crippen MR) is 147 cm³/mol. The quantitative estimate of drug-likeness (QED) is 0.334. The molecule has 1 N–H and O–H groups in total. The second-order valence-corrected chi connectivity index (χ2v) is 10.0. The van der Waals surface area contributed by atoms with Gasteiger partial charge in [-0.15, -0.1) is 0 Å². The van der Waals surface area contributed by atoms with Gasteiger partial charge in [-0.05, 0) is 63.1 Å². The molecule has 0 saturated carbocycles. The van der Waals surface area contributed by atoms with Crippen molar-refractivity contribution in [2.45, 2.75) is 51.8 Å². The smallest absolute Gasteiger partial charge is 0.273 e. The van der Waals surface area contributed by atoms with Crippen LogP contribution in [0.4, 0.5) is 0 Å². The van der Waals surface area contributed by atoms with Gasteiger partial charge in [0.1, 0.15) is 29.3 Å². The molecule has 1 aliphatic heterocycles. The number of nitrogens with zero attached hydrogens (tertiary/aromatic N) is 2. The van der Waals surface area contributed by atoms with Crippen LogP contribution in [0, 0.1) is 0 Å². The second kappa shape index (κ2) is 13.1. The predicted octanol–water partition coefficient (Wildman–Crippen LogP) is 5.49. The van der Waals surface area contributed by atoms with E-state index in [2.05, 4.69) is 19.2 Å². The molecule has 1 fully saturated rings. The lowest BCUT2D eigenvalue weighted by atomic mass is 10.0. The maximum Gasteiger partial charge on any atom is 0.273 e. The number of para-hydroxylation sites is 1. The number of benzene rings is 2. The molecule has 1 saturated heterocycles. The fraction of sp³-hybridized carbons (Fsp3) is 0.448. The molecule has 0 radical (unpaired) electrons. The van der Waals surface area contributed by atoms with Gasteiger partial charge in [0.05, 0.1) is 6.61 Å². The Hall–Kier alpha value is -2.87. The molecule has 1 aliphatic rings. The van der Waals surface area contributed by atoms with E-state index in [1.165, 1.54) is 0 Å². The number of ether oxygens (including phenoxy) is 3. The Bertz CT molecular complexity index is 1200. The summed E-state index contributed by atoms with van der Waals surface area (Å²) in [7, 11) is 1.67. The van der Waals surface area contributed by atoms with Crippen LogP contribution in [-0.2, 0) is 11.3 Å². The number of hydrogen-bond donors (Lipinski definition) is 1. The van der Waals surface area contributed by atoms with E-state index in [0.29, 0.717) is 47.6 Å². The van der Waals surface area contributed by atoms with E-state index in [0.717, 1.165) is 43.3 Å². The number of aromatic nitrogens is 1. The molecule has 8 heteroatoms. The van der Waals surface area contributed by atoms with Gasteiger partial charge >= 0.3 is 0 Å². The molecule has 2 heterocycles. The molecule has 37 heavy (non-hydrogen) atoms. The Morgan fingerprint density at radius 1 is 1.14 bits per heavy atom. The lowest BCUT2D eigenvalue weighted by Gasteiger charge is -2.37. The number of carbonyl (C=O) groups excluding carboxylic acids is 1. The number of rotatable bonds is 11. The largest absolute Gasteiger partial charge is 0.493 e. The van der Waals surface area contributed by atoms with Crippen molar-refractivity contribution >= 4 is 28.4 Å². The molecule has 0 aliphatic carbocycles. The number of amides is 1. The van der Waals surface area contributed by atoms with Crippen molar-refractivity contribution in [2.24, 2.45) is 0 Å². The average Bonchev–Trinajstić information content (AvgIpc) is 2.90. The first-order valence-electron chi connectivity index (χ1n) is 12.9. The fourth-order valence-electron chi connectivity index (χ4n) is 4.73. The van der Waals surface area contributed by atoms with Gasteiger partial charge in [-0.1, -0.05) is 29.8 Å². The minimum atomic E-state index is -0.100. The Balaban J connectivity index is 1.70. The standard InChI is InChI=1S/C29H36ClN3O4/c1-20(2)33(23-10-6-13-31-18-23)29(34)25-17-27(36-15-7-14-35-3)24-11-5-12-26(28(24)32-25)37-19-21-8-4-9-22(30)16-21/h4-5,8-9,11-12,16-17,20,23,31H,6-7,10,13-15,18-19H2,1-3H3/t23-/m1/s1. The molecule has 198 valence electrons. The number of fused-ring (bicyclic) bond motifs is 1. The van der Waals surface area contributed by atoms with Crippen molar-refractivity contribution in [3.63, 3.8) is 0 Å². The number of halogens is 1. The Labute approximate surface area is 224 Å². The minimum Gasteiger partial charge on any atom is -0.493 e. The van der Waals surface area contributed by atoms with Crippen molar-refractivity contribution in [1.82, 2.24) is 15.2 Å². The van der Waals surface area contributed by atoms with Gasteiger partial charge in [0, 0.05) is 55.2 Å². The lowest BCUT2D eigenvalue weighted by molar-refractivity contribution is 0.0567. The van der Waals surface area contributed by atoms with Crippen LogP contribution in [0.25, 0.3) is 10.9 Å². The summed E-state index contributed by atoms with van der Waals surface area (Å²) in [6, 6.07) is 15.2. The van der Waals surface area contributed by atoms with E-state index in [-0.39, 0.29) is 18.0 Å².